The standard InChI is InChI=1S/C25H19ClO5/c1-14-11-19-21(12-15(14)2)31-23(18-5-3-4-6-20(18)26)24(22(19)27)30-13-16-7-9-17(10-8-16)25(28)29/h3-12H,13H2,1-2H3,(H,28,29). The van der Waals surface area contributed by atoms with Crippen molar-refractivity contribution in [1.29, 1.82) is 0 Å². The minimum Gasteiger partial charge on any atom is -0.481 e. The molecule has 1 heterocycles. The second kappa shape index (κ2) is 8.28. The number of halogens is 1. The zero-order chi connectivity index (χ0) is 22.1. The quantitative estimate of drug-likeness (QED) is 0.416. The van der Waals surface area contributed by atoms with E-state index in [-0.39, 0.29) is 29.1 Å². The van der Waals surface area contributed by atoms with E-state index < -0.39 is 5.97 Å². The molecule has 31 heavy (non-hydrogen) atoms. The van der Waals surface area contributed by atoms with E-state index in [1.165, 1.54) is 12.1 Å². The van der Waals surface area contributed by atoms with Crippen molar-refractivity contribution < 1.29 is 19.1 Å². The van der Waals surface area contributed by atoms with E-state index in [1.54, 1.807) is 42.5 Å². The van der Waals surface area contributed by atoms with E-state index in [4.69, 9.17) is 25.9 Å². The molecule has 0 atom stereocenters. The van der Waals surface area contributed by atoms with E-state index in [9.17, 15) is 9.59 Å². The maximum absolute atomic E-state index is 13.4. The summed E-state index contributed by atoms with van der Waals surface area (Å²) in [4.78, 5) is 24.4. The van der Waals surface area contributed by atoms with Crippen LogP contribution in [0.3, 0.4) is 0 Å². The van der Waals surface area contributed by atoms with Crippen LogP contribution < -0.4 is 10.2 Å². The number of carboxylic acids is 1. The summed E-state index contributed by atoms with van der Waals surface area (Å²) in [5, 5.41) is 9.91. The molecule has 6 heteroatoms. The fourth-order valence-electron chi connectivity index (χ4n) is 3.29. The monoisotopic (exact) mass is 434 g/mol. The fourth-order valence-corrected chi connectivity index (χ4v) is 3.51. The molecule has 0 fully saturated rings. The summed E-state index contributed by atoms with van der Waals surface area (Å²) >= 11 is 6.38. The molecule has 0 aliphatic heterocycles. The zero-order valence-electron chi connectivity index (χ0n) is 16.9. The third kappa shape index (κ3) is 4.05. The summed E-state index contributed by atoms with van der Waals surface area (Å²) in [7, 11) is 0. The van der Waals surface area contributed by atoms with Crippen LogP contribution in [0.1, 0.15) is 27.0 Å². The zero-order valence-corrected chi connectivity index (χ0v) is 17.7. The van der Waals surface area contributed by atoms with Crippen molar-refractivity contribution in [3.8, 4) is 17.1 Å². The highest BCUT2D eigenvalue weighted by Gasteiger charge is 2.20. The van der Waals surface area contributed by atoms with Gasteiger partial charge in [-0.3, -0.25) is 4.79 Å². The van der Waals surface area contributed by atoms with Gasteiger partial charge in [0.1, 0.15) is 12.2 Å². The second-order valence-electron chi connectivity index (χ2n) is 7.29. The number of hydrogen-bond acceptors (Lipinski definition) is 4. The van der Waals surface area contributed by atoms with Gasteiger partial charge in [0.25, 0.3) is 0 Å². The number of aryl methyl sites for hydroxylation is 2. The number of aromatic carboxylic acids is 1. The Hall–Kier alpha value is -3.57. The lowest BCUT2D eigenvalue weighted by Gasteiger charge is -2.13. The van der Waals surface area contributed by atoms with Gasteiger partial charge in [0.15, 0.2) is 5.76 Å². The molecule has 4 aromatic rings. The highest BCUT2D eigenvalue weighted by Crippen LogP contribution is 2.36. The first kappa shape index (κ1) is 20.7. The molecule has 0 saturated heterocycles. The molecule has 0 spiro atoms. The molecule has 0 amide bonds. The third-order valence-corrected chi connectivity index (χ3v) is 5.50. The van der Waals surface area contributed by atoms with Crippen LogP contribution in [-0.4, -0.2) is 11.1 Å². The van der Waals surface area contributed by atoms with Crippen LogP contribution in [-0.2, 0) is 6.61 Å². The first-order valence-corrected chi connectivity index (χ1v) is 10.0. The van der Waals surface area contributed by atoms with Gasteiger partial charge in [-0.2, -0.15) is 0 Å². The molecule has 0 aliphatic carbocycles. The third-order valence-electron chi connectivity index (χ3n) is 5.17. The Kier molecular flexibility index (Phi) is 5.53. The number of fused-ring (bicyclic) bond motifs is 1. The Bertz CT molecular complexity index is 1350. The van der Waals surface area contributed by atoms with Gasteiger partial charge in [0.05, 0.1) is 16.0 Å². The van der Waals surface area contributed by atoms with Gasteiger partial charge in [0.2, 0.25) is 11.2 Å². The molecule has 0 radical (unpaired) electrons. The Balaban J connectivity index is 1.83. The number of rotatable bonds is 5. The molecule has 0 aliphatic rings. The highest BCUT2D eigenvalue weighted by atomic mass is 35.5. The first-order valence-electron chi connectivity index (χ1n) is 9.63. The summed E-state index contributed by atoms with van der Waals surface area (Å²) < 4.78 is 12.1. The molecule has 156 valence electrons. The van der Waals surface area contributed by atoms with Crippen LogP contribution in [0.15, 0.2) is 69.9 Å². The maximum Gasteiger partial charge on any atom is 0.335 e. The van der Waals surface area contributed by atoms with Gasteiger partial charge >= 0.3 is 5.97 Å². The molecular weight excluding hydrogens is 416 g/mol. The minimum absolute atomic E-state index is 0.0613. The van der Waals surface area contributed by atoms with Crippen LogP contribution in [0.2, 0.25) is 5.02 Å². The van der Waals surface area contributed by atoms with Crippen LogP contribution in [0.25, 0.3) is 22.3 Å². The molecule has 5 nitrogen and oxygen atoms in total. The normalized spacial score (nSPS) is 10.9. The number of carboxylic acid groups (broad SMARTS) is 1. The van der Waals surface area contributed by atoms with Gasteiger partial charge in [0, 0.05) is 5.56 Å². The van der Waals surface area contributed by atoms with Crippen molar-refractivity contribution >= 4 is 28.5 Å². The molecule has 0 bridgehead atoms. The predicted molar refractivity (Wildman–Crippen MR) is 120 cm³/mol. The van der Waals surface area contributed by atoms with Gasteiger partial charge in [-0.05, 0) is 66.9 Å². The summed E-state index contributed by atoms with van der Waals surface area (Å²) in [5.41, 5.74) is 3.60. The van der Waals surface area contributed by atoms with E-state index in [0.717, 1.165) is 16.7 Å². The second-order valence-corrected chi connectivity index (χ2v) is 7.70. The van der Waals surface area contributed by atoms with Gasteiger partial charge in [-0.25, -0.2) is 4.79 Å². The lowest BCUT2D eigenvalue weighted by atomic mass is 10.0. The fraction of sp³-hybridized carbons (Fsp3) is 0.120. The topological polar surface area (TPSA) is 76.7 Å². The van der Waals surface area contributed by atoms with Crippen molar-refractivity contribution in [2.75, 3.05) is 0 Å². The Labute approximate surface area is 183 Å². The number of ether oxygens (including phenoxy) is 1. The van der Waals surface area contributed by atoms with Crippen molar-refractivity contribution in [3.63, 3.8) is 0 Å². The summed E-state index contributed by atoms with van der Waals surface area (Å²) in [6, 6.07) is 17.0. The van der Waals surface area contributed by atoms with Crippen LogP contribution >= 0.6 is 11.6 Å². The van der Waals surface area contributed by atoms with Crippen LogP contribution in [0.5, 0.6) is 5.75 Å². The van der Waals surface area contributed by atoms with E-state index in [1.807, 2.05) is 19.9 Å². The average molecular weight is 435 g/mol. The number of benzene rings is 3. The lowest BCUT2D eigenvalue weighted by molar-refractivity contribution is 0.0697. The van der Waals surface area contributed by atoms with Crippen LogP contribution in [0, 0.1) is 13.8 Å². The SMILES string of the molecule is Cc1cc2oc(-c3ccccc3Cl)c(OCc3ccc(C(=O)O)cc3)c(=O)c2cc1C. The Morgan fingerprint density at radius 2 is 1.71 bits per heavy atom. The summed E-state index contributed by atoms with van der Waals surface area (Å²) in [6.45, 7) is 3.95. The molecule has 4 rings (SSSR count). The largest absolute Gasteiger partial charge is 0.481 e. The Morgan fingerprint density at radius 1 is 1.03 bits per heavy atom. The molecular formula is C25H19ClO5. The molecule has 0 unspecified atom stereocenters. The summed E-state index contributed by atoms with van der Waals surface area (Å²) in [6.07, 6.45) is 0. The summed E-state index contributed by atoms with van der Waals surface area (Å²) in [5.74, 6) is -0.686. The lowest BCUT2D eigenvalue weighted by Crippen LogP contribution is -2.11. The van der Waals surface area contributed by atoms with Crippen LogP contribution in [0.4, 0.5) is 0 Å². The Morgan fingerprint density at radius 3 is 2.39 bits per heavy atom. The van der Waals surface area contributed by atoms with Gasteiger partial charge in [-0.1, -0.05) is 35.9 Å². The van der Waals surface area contributed by atoms with E-state index in [2.05, 4.69) is 0 Å². The molecule has 3 aromatic carbocycles. The molecule has 1 N–H and O–H groups in total. The minimum atomic E-state index is -1.01. The van der Waals surface area contributed by atoms with Gasteiger partial charge in [-0.15, -0.1) is 0 Å². The van der Waals surface area contributed by atoms with Crippen molar-refractivity contribution in [2.24, 2.45) is 0 Å². The first-order chi connectivity index (χ1) is 14.8. The molecule has 1 aromatic heterocycles. The number of hydrogen-bond donors (Lipinski definition) is 1. The number of carbonyl (C=O) groups is 1. The van der Waals surface area contributed by atoms with Crippen molar-refractivity contribution in [3.05, 3.63) is 98.2 Å². The molecule has 0 saturated carbocycles. The van der Waals surface area contributed by atoms with Gasteiger partial charge < -0.3 is 14.3 Å². The maximum atomic E-state index is 13.4. The smallest absolute Gasteiger partial charge is 0.335 e. The van der Waals surface area contributed by atoms with Crippen molar-refractivity contribution in [1.82, 2.24) is 0 Å². The average Bonchev–Trinajstić information content (AvgIpc) is 2.75. The van der Waals surface area contributed by atoms with E-state index >= 15 is 0 Å². The highest BCUT2D eigenvalue weighted by molar-refractivity contribution is 6.33. The van der Waals surface area contributed by atoms with E-state index in [0.29, 0.717) is 21.6 Å². The predicted octanol–water partition coefficient (Wildman–Crippen LogP) is 6.01. The van der Waals surface area contributed by atoms with Crippen molar-refractivity contribution in [2.45, 2.75) is 20.5 Å².